The highest BCUT2D eigenvalue weighted by Crippen LogP contribution is 2.25. The first-order chi connectivity index (χ1) is 7.61. The minimum atomic E-state index is -0.511. The Morgan fingerprint density at radius 1 is 1.38 bits per heavy atom. The first-order valence-electron chi connectivity index (χ1n) is 4.83. The molecule has 0 bridgehead atoms. The van der Waals surface area contributed by atoms with E-state index in [0.717, 1.165) is 18.2 Å². The lowest BCUT2D eigenvalue weighted by Gasteiger charge is -2.02. The molecule has 0 atom stereocenters. The molecule has 3 nitrogen and oxygen atoms in total. The summed E-state index contributed by atoms with van der Waals surface area (Å²) in [5.41, 5.74) is 6.60. The summed E-state index contributed by atoms with van der Waals surface area (Å²) in [7, 11) is 0. The molecule has 0 aliphatic carbocycles. The van der Waals surface area contributed by atoms with Gasteiger partial charge in [0.25, 0.3) is 0 Å². The number of nitrogens with zero attached hydrogens (tertiary/aromatic N) is 1. The molecule has 0 radical (unpaired) electrons. The minimum Gasteiger partial charge on any atom is -0.345 e. The van der Waals surface area contributed by atoms with E-state index in [1.165, 1.54) is 0 Å². The summed E-state index contributed by atoms with van der Waals surface area (Å²) in [4.78, 5) is 7.03. The van der Waals surface area contributed by atoms with Crippen LogP contribution >= 0.6 is 0 Å². The molecule has 0 amide bonds. The lowest BCUT2D eigenvalue weighted by molar-refractivity contribution is 0.602. The summed E-state index contributed by atoms with van der Waals surface area (Å²) in [6.07, 6.45) is 0. The molecule has 2 rings (SSSR count). The summed E-state index contributed by atoms with van der Waals surface area (Å²) in [6, 6.07) is 3.26. The Bertz CT molecular complexity index is 520. The molecule has 0 fully saturated rings. The van der Waals surface area contributed by atoms with Gasteiger partial charge in [0.2, 0.25) is 0 Å². The second-order valence-electron chi connectivity index (χ2n) is 3.48. The number of H-pyrrole nitrogens is 1. The molecule has 2 aromatic rings. The summed E-state index contributed by atoms with van der Waals surface area (Å²) in [5, 5.41) is 0. The average Bonchev–Trinajstić information content (AvgIpc) is 2.63. The fourth-order valence-corrected chi connectivity index (χ4v) is 1.59. The van der Waals surface area contributed by atoms with Crippen LogP contribution in [0.5, 0.6) is 0 Å². The Labute approximate surface area is 91.3 Å². The van der Waals surface area contributed by atoms with Crippen molar-refractivity contribution in [1.29, 1.82) is 0 Å². The molecular formula is C11H11F2N3. The van der Waals surface area contributed by atoms with E-state index in [9.17, 15) is 8.78 Å². The van der Waals surface area contributed by atoms with Crippen molar-refractivity contribution in [1.82, 2.24) is 9.97 Å². The van der Waals surface area contributed by atoms with Crippen molar-refractivity contribution in [3.63, 3.8) is 0 Å². The van der Waals surface area contributed by atoms with Gasteiger partial charge in [-0.1, -0.05) is 0 Å². The van der Waals surface area contributed by atoms with Crippen molar-refractivity contribution in [2.75, 3.05) is 0 Å². The van der Waals surface area contributed by atoms with Crippen LogP contribution in [-0.4, -0.2) is 9.97 Å². The van der Waals surface area contributed by atoms with Gasteiger partial charge < -0.3 is 10.7 Å². The molecular weight excluding hydrogens is 212 g/mol. The van der Waals surface area contributed by atoms with Gasteiger partial charge in [-0.25, -0.2) is 13.8 Å². The fourth-order valence-electron chi connectivity index (χ4n) is 1.59. The zero-order chi connectivity index (χ0) is 11.7. The maximum atomic E-state index is 13.5. The smallest absolute Gasteiger partial charge is 0.132 e. The molecule has 3 N–H and O–H groups in total. The van der Waals surface area contributed by atoms with Crippen LogP contribution in [0.2, 0.25) is 0 Å². The second-order valence-corrected chi connectivity index (χ2v) is 3.48. The van der Waals surface area contributed by atoms with E-state index < -0.39 is 11.6 Å². The molecule has 5 heteroatoms. The molecule has 0 aliphatic heterocycles. The van der Waals surface area contributed by atoms with Gasteiger partial charge in [-0.2, -0.15) is 0 Å². The van der Waals surface area contributed by atoms with Gasteiger partial charge in [-0.05, 0) is 25.1 Å². The lowest BCUT2D eigenvalue weighted by atomic mass is 10.1. The van der Waals surface area contributed by atoms with E-state index in [4.69, 9.17) is 5.73 Å². The first kappa shape index (κ1) is 10.8. The molecule has 1 aromatic carbocycles. The number of hydrogen-bond donors (Lipinski definition) is 2. The Morgan fingerprint density at radius 2 is 2.12 bits per heavy atom. The number of nitrogens with one attached hydrogen (secondary N) is 1. The van der Waals surface area contributed by atoms with E-state index >= 15 is 0 Å². The van der Waals surface area contributed by atoms with Gasteiger partial charge in [-0.15, -0.1) is 0 Å². The van der Waals surface area contributed by atoms with Crippen LogP contribution in [0, 0.1) is 18.6 Å². The van der Waals surface area contributed by atoms with Gasteiger partial charge in [0.15, 0.2) is 0 Å². The molecule has 0 saturated carbocycles. The van der Waals surface area contributed by atoms with E-state index in [1.54, 1.807) is 6.92 Å². The molecule has 0 spiro atoms. The SMILES string of the molecule is Cc1nc(-c2cc(F)ccc2F)c(CN)[nH]1. The molecule has 0 aliphatic rings. The van der Waals surface area contributed by atoms with Crippen molar-refractivity contribution >= 4 is 0 Å². The second kappa shape index (κ2) is 4.02. The van der Waals surface area contributed by atoms with Crippen LogP contribution in [-0.2, 0) is 6.54 Å². The maximum absolute atomic E-state index is 13.5. The molecule has 0 saturated heterocycles. The van der Waals surface area contributed by atoms with Crippen molar-refractivity contribution in [2.45, 2.75) is 13.5 Å². The number of aromatic nitrogens is 2. The first-order valence-corrected chi connectivity index (χ1v) is 4.83. The Hall–Kier alpha value is -1.75. The van der Waals surface area contributed by atoms with Gasteiger partial charge >= 0.3 is 0 Å². The zero-order valence-corrected chi connectivity index (χ0v) is 8.72. The Kier molecular flexibility index (Phi) is 2.70. The predicted octanol–water partition coefficient (Wildman–Crippen LogP) is 2.12. The van der Waals surface area contributed by atoms with Crippen LogP contribution in [0.25, 0.3) is 11.3 Å². The molecule has 16 heavy (non-hydrogen) atoms. The summed E-state index contributed by atoms with van der Waals surface area (Å²) in [5.74, 6) is -0.387. The molecule has 1 aromatic heterocycles. The predicted molar refractivity (Wildman–Crippen MR) is 56.6 cm³/mol. The minimum absolute atomic E-state index is 0.129. The maximum Gasteiger partial charge on any atom is 0.132 e. The fraction of sp³-hybridized carbons (Fsp3) is 0.182. The van der Waals surface area contributed by atoms with E-state index in [1.807, 2.05) is 0 Å². The van der Waals surface area contributed by atoms with Crippen molar-refractivity contribution in [3.05, 3.63) is 41.4 Å². The third-order valence-electron chi connectivity index (χ3n) is 2.28. The highest BCUT2D eigenvalue weighted by molar-refractivity contribution is 5.63. The quantitative estimate of drug-likeness (QED) is 0.819. The standard InChI is InChI=1S/C11H11F2N3/c1-6-15-10(5-14)11(16-6)8-4-7(12)2-3-9(8)13/h2-4H,5,14H2,1H3,(H,15,16). The van der Waals surface area contributed by atoms with Gasteiger partial charge in [-0.3, -0.25) is 0 Å². The highest BCUT2D eigenvalue weighted by atomic mass is 19.1. The topological polar surface area (TPSA) is 54.7 Å². The monoisotopic (exact) mass is 223 g/mol. The third kappa shape index (κ3) is 1.81. The number of imidazole rings is 1. The number of hydrogen-bond acceptors (Lipinski definition) is 2. The third-order valence-corrected chi connectivity index (χ3v) is 2.28. The number of benzene rings is 1. The zero-order valence-electron chi connectivity index (χ0n) is 8.72. The normalized spacial score (nSPS) is 10.8. The Balaban J connectivity index is 2.61. The number of rotatable bonds is 2. The van der Waals surface area contributed by atoms with Gasteiger partial charge in [0, 0.05) is 12.1 Å². The number of nitrogens with two attached hydrogens (primary N) is 1. The average molecular weight is 223 g/mol. The number of aryl methyl sites for hydroxylation is 1. The molecule has 0 unspecified atom stereocenters. The van der Waals surface area contributed by atoms with Crippen LogP contribution in [0.1, 0.15) is 11.5 Å². The van der Waals surface area contributed by atoms with Crippen LogP contribution < -0.4 is 5.73 Å². The van der Waals surface area contributed by atoms with Crippen LogP contribution in [0.15, 0.2) is 18.2 Å². The van der Waals surface area contributed by atoms with Gasteiger partial charge in [0.05, 0.1) is 11.4 Å². The summed E-state index contributed by atoms with van der Waals surface area (Å²) in [6.45, 7) is 1.94. The van der Waals surface area contributed by atoms with Crippen molar-refractivity contribution in [2.24, 2.45) is 5.73 Å². The van der Waals surface area contributed by atoms with E-state index in [2.05, 4.69) is 9.97 Å². The molecule has 84 valence electrons. The highest BCUT2D eigenvalue weighted by Gasteiger charge is 2.14. The van der Waals surface area contributed by atoms with E-state index in [-0.39, 0.29) is 12.1 Å². The van der Waals surface area contributed by atoms with Crippen molar-refractivity contribution < 1.29 is 8.78 Å². The molecule has 1 heterocycles. The summed E-state index contributed by atoms with van der Waals surface area (Å²) < 4.78 is 26.6. The Morgan fingerprint density at radius 3 is 2.81 bits per heavy atom. The van der Waals surface area contributed by atoms with Crippen LogP contribution in [0.4, 0.5) is 8.78 Å². The lowest BCUT2D eigenvalue weighted by Crippen LogP contribution is -1.99. The number of aromatic amines is 1. The van der Waals surface area contributed by atoms with Crippen LogP contribution in [0.3, 0.4) is 0 Å². The summed E-state index contributed by atoms with van der Waals surface area (Å²) >= 11 is 0. The van der Waals surface area contributed by atoms with E-state index in [0.29, 0.717) is 17.2 Å². The number of halogens is 2. The van der Waals surface area contributed by atoms with Gasteiger partial charge in [0.1, 0.15) is 17.5 Å². The largest absolute Gasteiger partial charge is 0.345 e. The van der Waals surface area contributed by atoms with Crippen molar-refractivity contribution in [3.8, 4) is 11.3 Å².